The summed E-state index contributed by atoms with van der Waals surface area (Å²) in [6.45, 7) is 5.53. The Morgan fingerprint density at radius 2 is 1.84 bits per heavy atom. The molecule has 0 saturated carbocycles. The minimum atomic E-state index is -1.36. The smallest absolute Gasteiger partial charge is 0.371 e. The molecule has 4 heteroatoms. The lowest BCUT2D eigenvalue weighted by molar-refractivity contribution is 0.0601. The molecule has 0 radical (unpaired) electrons. The zero-order valence-electron chi connectivity index (χ0n) is 11.1. The van der Waals surface area contributed by atoms with Crippen molar-refractivity contribution in [2.45, 2.75) is 26.4 Å². The number of rotatable bonds is 3. The second-order valence-electron chi connectivity index (χ2n) is 4.84. The van der Waals surface area contributed by atoms with Crippen molar-refractivity contribution in [1.82, 2.24) is 0 Å². The van der Waals surface area contributed by atoms with Gasteiger partial charge in [0.1, 0.15) is 11.4 Å². The van der Waals surface area contributed by atoms with Crippen LogP contribution in [-0.2, 0) is 5.60 Å². The van der Waals surface area contributed by atoms with Crippen LogP contribution in [0.25, 0.3) is 0 Å². The molecule has 2 N–H and O–H groups in total. The van der Waals surface area contributed by atoms with E-state index in [1.807, 2.05) is 32.0 Å². The van der Waals surface area contributed by atoms with Crippen LogP contribution in [0.3, 0.4) is 0 Å². The molecule has 19 heavy (non-hydrogen) atoms. The maximum atomic E-state index is 10.8. The third-order valence-corrected chi connectivity index (χ3v) is 3.37. The molecule has 1 atom stereocenters. The number of hydrogen-bond donors (Lipinski definition) is 2. The number of carboxylic acid groups (broad SMARTS) is 1. The van der Waals surface area contributed by atoms with Crippen LogP contribution in [0.1, 0.15) is 39.9 Å². The third-order valence-electron chi connectivity index (χ3n) is 3.37. The highest BCUT2D eigenvalue weighted by Gasteiger charge is 2.30. The molecule has 0 spiro atoms. The van der Waals surface area contributed by atoms with Crippen molar-refractivity contribution < 1.29 is 19.4 Å². The lowest BCUT2D eigenvalue weighted by atomic mass is 9.91. The second kappa shape index (κ2) is 4.55. The topological polar surface area (TPSA) is 70.7 Å². The molecule has 1 aromatic carbocycles. The van der Waals surface area contributed by atoms with Gasteiger partial charge in [-0.05, 0) is 49.6 Å². The quantitative estimate of drug-likeness (QED) is 0.890. The fraction of sp³-hybridized carbons (Fsp3) is 0.267. The van der Waals surface area contributed by atoms with Gasteiger partial charge in [-0.25, -0.2) is 4.79 Å². The number of benzene rings is 1. The minimum absolute atomic E-state index is 0.181. The number of aromatic carboxylic acids is 1. The van der Waals surface area contributed by atoms with E-state index in [0.717, 1.165) is 11.1 Å². The minimum Gasteiger partial charge on any atom is -0.475 e. The highest BCUT2D eigenvalue weighted by Crippen LogP contribution is 2.31. The average molecular weight is 260 g/mol. The zero-order valence-corrected chi connectivity index (χ0v) is 11.1. The van der Waals surface area contributed by atoms with Crippen LogP contribution in [0.2, 0.25) is 0 Å². The zero-order chi connectivity index (χ0) is 14.2. The molecule has 0 bridgehead atoms. The third kappa shape index (κ3) is 2.39. The Hall–Kier alpha value is -2.07. The van der Waals surface area contributed by atoms with E-state index in [1.54, 1.807) is 6.92 Å². The van der Waals surface area contributed by atoms with Crippen LogP contribution < -0.4 is 0 Å². The van der Waals surface area contributed by atoms with Crippen LogP contribution in [0, 0.1) is 13.8 Å². The predicted octanol–water partition coefficient (Wildman–Crippen LogP) is 2.85. The van der Waals surface area contributed by atoms with Crippen LogP contribution in [0.5, 0.6) is 0 Å². The van der Waals surface area contributed by atoms with E-state index in [1.165, 1.54) is 12.1 Å². The van der Waals surface area contributed by atoms with Gasteiger partial charge in [-0.3, -0.25) is 0 Å². The molecule has 2 aromatic rings. The number of furan rings is 1. The van der Waals surface area contributed by atoms with Crippen molar-refractivity contribution in [2.24, 2.45) is 0 Å². The first kappa shape index (κ1) is 13.4. The lowest BCUT2D eigenvalue weighted by Gasteiger charge is -2.22. The average Bonchev–Trinajstić information content (AvgIpc) is 2.82. The van der Waals surface area contributed by atoms with E-state index in [2.05, 4.69) is 0 Å². The highest BCUT2D eigenvalue weighted by atomic mass is 16.4. The van der Waals surface area contributed by atoms with Gasteiger partial charge in [0.2, 0.25) is 5.76 Å². The predicted molar refractivity (Wildman–Crippen MR) is 70.3 cm³/mol. The van der Waals surface area contributed by atoms with Crippen LogP contribution >= 0.6 is 0 Å². The van der Waals surface area contributed by atoms with Gasteiger partial charge >= 0.3 is 5.97 Å². The number of hydrogen-bond acceptors (Lipinski definition) is 3. The summed E-state index contributed by atoms with van der Waals surface area (Å²) >= 11 is 0. The molecule has 0 saturated heterocycles. The maximum absolute atomic E-state index is 10.8. The van der Waals surface area contributed by atoms with E-state index in [4.69, 9.17) is 9.52 Å². The van der Waals surface area contributed by atoms with Gasteiger partial charge < -0.3 is 14.6 Å². The Bertz CT molecular complexity index is 623. The van der Waals surface area contributed by atoms with E-state index < -0.39 is 11.6 Å². The van der Waals surface area contributed by atoms with Gasteiger partial charge in [-0.15, -0.1) is 0 Å². The van der Waals surface area contributed by atoms with Gasteiger partial charge in [-0.2, -0.15) is 0 Å². The Kier molecular flexibility index (Phi) is 3.20. The summed E-state index contributed by atoms with van der Waals surface area (Å²) in [5, 5.41) is 19.4. The van der Waals surface area contributed by atoms with Crippen LogP contribution in [-0.4, -0.2) is 16.2 Å². The number of aryl methyl sites for hydroxylation is 2. The summed E-state index contributed by atoms with van der Waals surface area (Å²) in [4.78, 5) is 10.8. The molecule has 0 amide bonds. The van der Waals surface area contributed by atoms with E-state index >= 15 is 0 Å². The van der Waals surface area contributed by atoms with Gasteiger partial charge in [0.05, 0.1) is 0 Å². The summed E-state index contributed by atoms with van der Waals surface area (Å²) < 4.78 is 5.18. The fourth-order valence-corrected chi connectivity index (χ4v) is 1.90. The number of aliphatic hydroxyl groups is 1. The fourth-order valence-electron chi connectivity index (χ4n) is 1.90. The lowest BCUT2D eigenvalue weighted by Crippen LogP contribution is -2.22. The standard InChI is InChI=1S/C15H16O4/c1-9-4-5-11(8-10(9)2)15(3,18)13-7-6-12(19-13)14(16)17/h4-8,18H,1-3H3,(H,16,17). The first-order chi connectivity index (χ1) is 8.82. The Morgan fingerprint density at radius 1 is 1.16 bits per heavy atom. The SMILES string of the molecule is Cc1ccc(C(C)(O)c2ccc(C(=O)O)o2)cc1C. The molecular weight excluding hydrogens is 244 g/mol. The monoisotopic (exact) mass is 260 g/mol. The van der Waals surface area contributed by atoms with Gasteiger partial charge in [0.15, 0.2) is 0 Å². The summed E-state index contributed by atoms with van der Waals surface area (Å²) in [6.07, 6.45) is 0. The molecule has 100 valence electrons. The molecule has 0 aliphatic heterocycles. The molecule has 0 fully saturated rings. The Morgan fingerprint density at radius 3 is 2.37 bits per heavy atom. The second-order valence-corrected chi connectivity index (χ2v) is 4.84. The van der Waals surface area contributed by atoms with Crippen molar-refractivity contribution in [2.75, 3.05) is 0 Å². The summed E-state index contributed by atoms with van der Waals surface area (Å²) in [7, 11) is 0. The molecule has 0 aliphatic rings. The van der Waals surface area contributed by atoms with Crippen molar-refractivity contribution in [3.8, 4) is 0 Å². The van der Waals surface area contributed by atoms with Crippen molar-refractivity contribution in [3.05, 3.63) is 58.5 Å². The van der Waals surface area contributed by atoms with Gasteiger partial charge in [0, 0.05) is 0 Å². The maximum Gasteiger partial charge on any atom is 0.371 e. The molecule has 4 nitrogen and oxygen atoms in total. The highest BCUT2D eigenvalue weighted by molar-refractivity contribution is 5.84. The molecule has 1 unspecified atom stereocenters. The molecule has 2 rings (SSSR count). The normalized spacial score (nSPS) is 14.1. The van der Waals surface area contributed by atoms with Crippen LogP contribution in [0.4, 0.5) is 0 Å². The largest absolute Gasteiger partial charge is 0.475 e. The molecule has 0 aliphatic carbocycles. The van der Waals surface area contributed by atoms with E-state index in [-0.39, 0.29) is 11.5 Å². The molecule has 1 heterocycles. The van der Waals surface area contributed by atoms with Crippen molar-refractivity contribution in [3.63, 3.8) is 0 Å². The van der Waals surface area contributed by atoms with Crippen molar-refractivity contribution in [1.29, 1.82) is 0 Å². The summed E-state index contributed by atoms with van der Waals surface area (Å²) in [6, 6.07) is 8.43. The van der Waals surface area contributed by atoms with Crippen LogP contribution in [0.15, 0.2) is 34.7 Å². The van der Waals surface area contributed by atoms with Crippen molar-refractivity contribution >= 4 is 5.97 Å². The number of carbonyl (C=O) groups is 1. The Labute approximate surface area is 111 Å². The van der Waals surface area contributed by atoms with Gasteiger partial charge in [0.25, 0.3) is 0 Å². The summed E-state index contributed by atoms with van der Waals surface area (Å²) in [5.74, 6) is -1.12. The first-order valence-corrected chi connectivity index (χ1v) is 5.96. The molecular formula is C15H16O4. The Balaban J connectivity index is 2.45. The number of carboxylic acids is 1. The van der Waals surface area contributed by atoms with E-state index in [0.29, 0.717) is 5.56 Å². The summed E-state index contributed by atoms with van der Waals surface area (Å²) in [5.41, 5.74) is 1.50. The van der Waals surface area contributed by atoms with Gasteiger partial charge in [-0.1, -0.05) is 18.2 Å². The first-order valence-electron chi connectivity index (χ1n) is 5.96. The van der Waals surface area contributed by atoms with E-state index in [9.17, 15) is 9.90 Å². The molecule has 1 aromatic heterocycles.